The van der Waals surface area contributed by atoms with Gasteiger partial charge in [0.1, 0.15) is 6.07 Å². The molecule has 1 aromatic rings. The standard InChI is InChI=1S/C26H37N3O/c1-16-4-6-20-19(10-16)5-7-22-21(20)8-9-26(3)23(11-17(2)25(22)26)24(30)15-29-14-18(12-27)13-28-29/h13-14,16-17,19-23,25H,4-11,15H2,1-3H3/t16-,17?,19+,20-,21+,22+,23+,25?,26+/m0/s1. The van der Waals surface area contributed by atoms with Crippen LogP contribution in [0, 0.1) is 64.1 Å². The van der Waals surface area contributed by atoms with Crippen LogP contribution >= 0.6 is 0 Å². The third-order valence-corrected chi connectivity index (χ3v) is 10.00. The monoisotopic (exact) mass is 407 g/mol. The van der Waals surface area contributed by atoms with E-state index in [0.29, 0.717) is 29.7 Å². The minimum atomic E-state index is 0.150. The summed E-state index contributed by atoms with van der Waals surface area (Å²) < 4.78 is 1.67. The molecular formula is C26H37N3O. The zero-order valence-electron chi connectivity index (χ0n) is 18.9. The second-order valence-electron chi connectivity index (χ2n) is 11.6. The van der Waals surface area contributed by atoms with Gasteiger partial charge < -0.3 is 0 Å². The highest BCUT2D eigenvalue weighted by molar-refractivity contribution is 5.82. The number of carbonyl (C=O) groups is 1. The average molecular weight is 408 g/mol. The van der Waals surface area contributed by atoms with E-state index in [1.165, 1.54) is 44.9 Å². The first-order chi connectivity index (χ1) is 14.4. The van der Waals surface area contributed by atoms with Gasteiger partial charge in [-0.1, -0.05) is 27.2 Å². The number of ketones is 1. The SMILES string of the molecule is CC1C[C@H](C(=O)Cn2cc(C#N)cn2)[C@@]2(C)CC[C@@H]3[C@H]4CC[C@H](C)C[C@H]4CC[C@H]3C12. The van der Waals surface area contributed by atoms with E-state index in [9.17, 15) is 4.79 Å². The van der Waals surface area contributed by atoms with Crippen molar-refractivity contribution in [3.05, 3.63) is 18.0 Å². The van der Waals surface area contributed by atoms with Gasteiger partial charge in [0.05, 0.1) is 18.3 Å². The number of Topliss-reactive ketones (excluding diaryl/α,β-unsaturated/α-hetero) is 1. The molecule has 4 nitrogen and oxygen atoms in total. The second kappa shape index (κ2) is 7.50. The van der Waals surface area contributed by atoms with Gasteiger partial charge in [-0.15, -0.1) is 0 Å². The lowest BCUT2D eigenvalue weighted by molar-refractivity contribution is -0.131. The van der Waals surface area contributed by atoms with Gasteiger partial charge in [0, 0.05) is 12.1 Å². The zero-order chi connectivity index (χ0) is 21.0. The Hall–Kier alpha value is -1.63. The molecule has 4 aliphatic rings. The summed E-state index contributed by atoms with van der Waals surface area (Å²) in [5, 5.41) is 13.3. The summed E-state index contributed by atoms with van der Waals surface area (Å²) in [7, 11) is 0. The van der Waals surface area contributed by atoms with Crippen molar-refractivity contribution in [1.29, 1.82) is 5.26 Å². The second-order valence-corrected chi connectivity index (χ2v) is 11.6. The van der Waals surface area contributed by atoms with Crippen LogP contribution in [0.4, 0.5) is 0 Å². The van der Waals surface area contributed by atoms with Crippen LogP contribution in [0.5, 0.6) is 0 Å². The molecule has 4 aliphatic carbocycles. The molecule has 1 aromatic heterocycles. The van der Waals surface area contributed by atoms with Crippen LogP contribution in [0.15, 0.2) is 12.4 Å². The minimum Gasteiger partial charge on any atom is -0.297 e. The highest BCUT2D eigenvalue weighted by Crippen LogP contribution is 2.66. The maximum atomic E-state index is 13.4. The van der Waals surface area contributed by atoms with Crippen molar-refractivity contribution in [1.82, 2.24) is 9.78 Å². The maximum absolute atomic E-state index is 13.4. The number of rotatable bonds is 3. The Morgan fingerprint density at radius 1 is 1.17 bits per heavy atom. The fraction of sp³-hybridized carbons (Fsp3) is 0.808. The van der Waals surface area contributed by atoms with Gasteiger partial charge in [-0.3, -0.25) is 9.48 Å². The molecule has 0 amide bonds. The van der Waals surface area contributed by atoms with Crippen LogP contribution in [0.1, 0.15) is 77.7 Å². The maximum Gasteiger partial charge on any atom is 0.157 e. The van der Waals surface area contributed by atoms with Crippen molar-refractivity contribution in [2.24, 2.45) is 52.8 Å². The van der Waals surface area contributed by atoms with Crippen molar-refractivity contribution in [2.75, 3.05) is 0 Å². The lowest BCUT2D eigenvalue weighted by Gasteiger charge is -2.56. The van der Waals surface area contributed by atoms with Crippen LogP contribution < -0.4 is 0 Å². The molecule has 30 heavy (non-hydrogen) atoms. The Balaban J connectivity index is 1.35. The quantitative estimate of drug-likeness (QED) is 0.667. The van der Waals surface area contributed by atoms with Gasteiger partial charge in [-0.2, -0.15) is 10.4 Å². The Bertz CT molecular complexity index is 853. The largest absolute Gasteiger partial charge is 0.297 e. The number of aromatic nitrogens is 2. The predicted octanol–water partition coefficient (Wildman–Crippen LogP) is 5.47. The first-order valence-corrected chi connectivity index (χ1v) is 12.4. The highest BCUT2D eigenvalue weighted by Gasteiger charge is 2.60. The zero-order valence-corrected chi connectivity index (χ0v) is 18.9. The summed E-state index contributed by atoms with van der Waals surface area (Å²) in [5.41, 5.74) is 0.684. The fourth-order valence-electron chi connectivity index (χ4n) is 8.91. The summed E-state index contributed by atoms with van der Waals surface area (Å²) in [6, 6.07) is 2.11. The van der Waals surface area contributed by atoms with Gasteiger partial charge >= 0.3 is 0 Å². The van der Waals surface area contributed by atoms with Crippen molar-refractivity contribution in [3.63, 3.8) is 0 Å². The number of hydrogen-bond donors (Lipinski definition) is 0. The molecule has 0 spiro atoms. The minimum absolute atomic E-state index is 0.150. The van der Waals surface area contributed by atoms with Gasteiger partial charge in [0.15, 0.2) is 5.78 Å². The molecule has 0 radical (unpaired) electrons. The Morgan fingerprint density at radius 3 is 2.73 bits per heavy atom. The van der Waals surface area contributed by atoms with E-state index in [1.54, 1.807) is 17.1 Å². The molecule has 4 heteroatoms. The Labute approximate surface area is 181 Å². The number of nitriles is 1. The Morgan fingerprint density at radius 2 is 1.97 bits per heavy atom. The number of hydrogen-bond acceptors (Lipinski definition) is 3. The summed E-state index contributed by atoms with van der Waals surface area (Å²) in [5.74, 6) is 6.43. The van der Waals surface area contributed by atoms with E-state index in [0.717, 1.165) is 36.0 Å². The van der Waals surface area contributed by atoms with E-state index >= 15 is 0 Å². The van der Waals surface area contributed by atoms with Crippen LogP contribution in [-0.2, 0) is 11.3 Å². The fourth-order valence-corrected chi connectivity index (χ4v) is 8.91. The van der Waals surface area contributed by atoms with Gasteiger partial charge in [-0.25, -0.2) is 0 Å². The van der Waals surface area contributed by atoms with Crippen molar-refractivity contribution in [2.45, 2.75) is 78.7 Å². The van der Waals surface area contributed by atoms with Crippen LogP contribution in [0.25, 0.3) is 0 Å². The summed E-state index contributed by atoms with van der Waals surface area (Å²) in [4.78, 5) is 13.4. The summed E-state index contributed by atoms with van der Waals surface area (Å²) in [6.07, 6.45) is 14.0. The molecule has 162 valence electrons. The van der Waals surface area contributed by atoms with Gasteiger partial charge in [0.2, 0.25) is 0 Å². The number of fused-ring (bicyclic) bond motifs is 5. The van der Waals surface area contributed by atoms with Crippen LogP contribution in [-0.4, -0.2) is 15.6 Å². The molecule has 0 aromatic carbocycles. The molecule has 2 unspecified atom stereocenters. The molecule has 1 heterocycles. The van der Waals surface area contributed by atoms with E-state index in [1.807, 2.05) is 0 Å². The Kier molecular flexibility index (Phi) is 5.07. The molecule has 4 fully saturated rings. The molecule has 0 bridgehead atoms. The first kappa shape index (κ1) is 20.3. The van der Waals surface area contributed by atoms with E-state index in [4.69, 9.17) is 5.26 Å². The van der Waals surface area contributed by atoms with Gasteiger partial charge in [0.25, 0.3) is 0 Å². The van der Waals surface area contributed by atoms with Gasteiger partial charge in [-0.05, 0) is 91.8 Å². The summed E-state index contributed by atoms with van der Waals surface area (Å²) >= 11 is 0. The lowest BCUT2D eigenvalue weighted by Crippen LogP contribution is -2.50. The van der Waals surface area contributed by atoms with Crippen molar-refractivity contribution < 1.29 is 4.79 Å². The number of nitrogens with zero attached hydrogens (tertiary/aromatic N) is 3. The summed E-state index contributed by atoms with van der Waals surface area (Å²) in [6.45, 7) is 7.64. The van der Waals surface area contributed by atoms with E-state index in [2.05, 4.69) is 31.9 Å². The molecule has 4 saturated carbocycles. The molecular weight excluding hydrogens is 370 g/mol. The highest BCUT2D eigenvalue weighted by atomic mass is 16.1. The van der Waals surface area contributed by atoms with Crippen molar-refractivity contribution >= 4 is 5.78 Å². The van der Waals surface area contributed by atoms with Crippen LogP contribution in [0.2, 0.25) is 0 Å². The smallest absolute Gasteiger partial charge is 0.157 e. The normalized spacial score (nSPS) is 45.1. The number of carbonyl (C=O) groups excluding carboxylic acids is 1. The molecule has 0 saturated heterocycles. The van der Waals surface area contributed by atoms with Crippen LogP contribution in [0.3, 0.4) is 0 Å². The average Bonchev–Trinajstić information content (AvgIpc) is 3.29. The van der Waals surface area contributed by atoms with E-state index < -0.39 is 0 Å². The van der Waals surface area contributed by atoms with E-state index in [-0.39, 0.29) is 11.3 Å². The predicted molar refractivity (Wildman–Crippen MR) is 116 cm³/mol. The topological polar surface area (TPSA) is 58.7 Å². The third kappa shape index (κ3) is 3.15. The molecule has 9 atom stereocenters. The third-order valence-electron chi connectivity index (χ3n) is 10.00. The molecule has 5 rings (SSSR count). The lowest BCUT2D eigenvalue weighted by atomic mass is 9.48. The van der Waals surface area contributed by atoms with Crippen molar-refractivity contribution in [3.8, 4) is 6.07 Å². The molecule has 0 aliphatic heterocycles. The molecule has 0 N–H and O–H groups in total. The first-order valence-electron chi connectivity index (χ1n) is 12.4.